The molecule has 3 heteroatoms. The molecule has 0 N–H and O–H groups in total. The topological polar surface area (TPSA) is 15.7 Å². The quantitative estimate of drug-likeness (QED) is 0.162. The van der Waals surface area contributed by atoms with Crippen LogP contribution < -0.4 is 14.5 Å². The van der Waals surface area contributed by atoms with Gasteiger partial charge in [-0.25, -0.2) is 0 Å². The molecule has 0 spiro atoms. The number of rotatable bonds is 7. The average molecular weight is 745 g/mol. The van der Waals surface area contributed by atoms with E-state index in [1.165, 1.54) is 33.4 Å². The SMILES string of the molecule is CC1(C)c2ccccc2-c2ccc(N(c3ccc(-c4ccccc4)cc3)c3ccc4c5c(cccc35)-c3ccc(N(c5ccccc5)c5ccccc5)cc3O4)cc21. The van der Waals surface area contributed by atoms with E-state index in [0.29, 0.717) is 0 Å². The summed E-state index contributed by atoms with van der Waals surface area (Å²) in [6.07, 6.45) is 0. The first-order valence-electron chi connectivity index (χ1n) is 20.0. The first-order chi connectivity index (χ1) is 28.5. The fourth-order valence-corrected chi connectivity index (χ4v) is 9.23. The van der Waals surface area contributed by atoms with E-state index >= 15 is 0 Å². The minimum Gasteiger partial charge on any atom is -0.456 e. The lowest BCUT2D eigenvalue weighted by molar-refractivity contribution is 0.487. The van der Waals surface area contributed by atoms with Crippen molar-refractivity contribution in [1.29, 1.82) is 0 Å². The second kappa shape index (κ2) is 13.4. The molecule has 1 aliphatic heterocycles. The van der Waals surface area contributed by atoms with Crippen LogP contribution in [0.1, 0.15) is 25.0 Å². The molecule has 0 atom stereocenters. The van der Waals surface area contributed by atoms with Crippen LogP contribution in [0, 0.1) is 0 Å². The normalized spacial score (nSPS) is 12.9. The summed E-state index contributed by atoms with van der Waals surface area (Å²) in [5.41, 5.74) is 16.4. The molecule has 3 nitrogen and oxygen atoms in total. The highest BCUT2D eigenvalue weighted by molar-refractivity contribution is 6.11. The Morgan fingerprint density at radius 2 is 0.914 bits per heavy atom. The predicted molar refractivity (Wildman–Crippen MR) is 242 cm³/mol. The van der Waals surface area contributed by atoms with Gasteiger partial charge in [-0.2, -0.15) is 0 Å². The van der Waals surface area contributed by atoms with Gasteiger partial charge in [0.15, 0.2) is 0 Å². The zero-order valence-electron chi connectivity index (χ0n) is 32.4. The Bertz CT molecular complexity index is 2950. The van der Waals surface area contributed by atoms with E-state index in [9.17, 15) is 0 Å². The third kappa shape index (κ3) is 5.43. The molecule has 0 radical (unpaired) electrons. The van der Waals surface area contributed by atoms with E-state index in [-0.39, 0.29) is 5.41 Å². The maximum Gasteiger partial charge on any atom is 0.137 e. The van der Waals surface area contributed by atoms with Crippen LogP contribution in [0.3, 0.4) is 0 Å². The Morgan fingerprint density at radius 3 is 1.64 bits per heavy atom. The lowest BCUT2D eigenvalue weighted by atomic mass is 9.82. The van der Waals surface area contributed by atoms with Crippen molar-refractivity contribution in [2.75, 3.05) is 9.80 Å². The number of hydrogen-bond donors (Lipinski definition) is 0. The minimum absolute atomic E-state index is 0.127. The first kappa shape index (κ1) is 33.9. The van der Waals surface area contributed by atoms with Crippen molar-refractivity contribution in [2.24, 2.45) is 0 Å². The number of para-hydroxylation sites is 2. The van der Waals surface area contributed by atoms with E-state index in [4.69, 9.17) is 4.74 Å². The van der Waals surface area contributed by atoms with E-state index in [0.717, 1.165) is 67.5 Å². The largest absolute Gasteiger partial charge is 0.456 e. The van der Waals surface area contributed by atoms with Crippen molar-refractivity contribution in [3.63, 3.8) is 0 Å². The van der Waals surface area contributed by atoms with Gasteiger partial charge in [0.1, 0.15) is 11.5 Å². The summed E-state index contributed by atoms with van der Waals surface area (Å²) in [6.45, 7) is 4.70. The van der Waals surface area contributed by atoms with Gasteiger partial charge < -0.3 is 14.5 Å². The molecule has 58 heavy (non-hydrogen) atoms. The summed E-state index contributed by atoms with van der Waals surface area (Å²) in [5, 5.41) is 2.25. The van der Waals surface area contributed by atoms with Gasteiger partial charge in [-0.1, -0.05) is 141 Å². The lowest BCUT2D eigenvalue weighted by Crippen LogP contribution is -2.16. The summed E-state index contributed by atoms with van der Waals surface area (Å²) < 4.78 is 6.90. The average Bonchev–Trinajstić information content (AvgIpc) is 3.51. The minimum atomic E-state index is -0.127. The molecule has 0 fully saturated rings. The summed E-state index contributed by atoms with van der Waals surface area (Å²) in [7, 11) is 0. The van der Waals surface area contributed by atoms with Crippen LogP contribution in [0.25, 0.3) is 44.2 Å². The number of anilines is 6. The molecule has 0 unspecified atom stereocenters. The van der Waals surface area contributed by atoms with Gasteiger partial charge in [0.25, 0.3) is 0 Å². The Morgan fingerprint density at radius 1 is 0.362 bits per heavy atom. The molecule has 11 rings (SSSR count). The molecule has 276 valence electrons. The van der Waals surface area contributed by atoms with E-state index in [2.05, 4.69) is 230 Å². The number of fused-ring (bicyclic) bond motifs is 5. The van der Waals surface area contributed by atoms with Crippen molar-refractivity contribution < 1.29 is 4.74 Å². The fraction of sp³-hybridized carbons (Fsp3) is 0.0545. The molecule has 0 saturated carbocycles. The molecular weight excluding hydrogens is 705 g/mol. The van der Waals surface area contributed by atoms with Crippen molar-refractivity contribution in [1.82, 2.24) is 0 Å². The molecule has 0 bridgehead atoms. The maximum absolute atomic E-state index is 6.90. The molecule has 1 aliphatic carbocycles. The number of benzene rings is 9. The molecule has 9 aromatic carbocycles. The highest BCUT2D eigenvalue weighted by Crippen LogP contribution is 2.54. The molecule has 0 aromatic heterocycles. The predicted octanol–water partition coefficient (Wildman–Crippen LogP) is 15.5. The van der Waals surface area contributed by atoms with Crippen LogP contribution in [0.15, 0.2) is 206 Å². The Kier molecular flexibility index (Phi) is 7.84. The molecule has 2 aliphatic rings. The molecule has 1 heterocycles. The van der Waals surface area contributed by atoms with Crippen molar-refractivity contribution >= 4 is 44.9 Å². The second-order valence-electron chi connectivity index (χ2n) is 15.7. The fourth-order valence-electron chi connectivity index (χ4n) is 9.23. The van der Waals surface area contributed by atoms with Crippen LogP contribution >= 0.6 is 0 Å². The zero-order chi connectivity index (χ0) is 38.8. The molecular formula is C55H40N2O. The third-order valence-corrected chi connectivity index (χ3v) is 12.0. The van der Waals surface area contributed by atoms with Crippen LogP contribution in [0.5, 0.6) is 11.5 Å². The van der Waals surface area contributed by atoms with Gasteiger partial charge >= 0.3 is 0 Å². The summed E-state index contributed by atoms with van der Waals surface area (Å²) >= 11 is 0. The van der Waals surface area contributed by atoms with Gasteiger partial charge in [0.2, 0.25) is 0 Å². The maximum atomic E-state index is 6.90. The van der Waals surface area contributed by atoms with E-state index in [1.807, 2.05) is 0 Å². The number of ether oxygens (including phenoxy) is 1. The Balaban J connectivity index is 1.06. The van der Waals surface area contributed by atoms with Gasteiger partial charge in [0, 0.05) is 56.3 Å². The van der Waals surface area contributed by atoms with Crippen LogP contribution in [0.2, 0.25) is 0 Å². The first-order valence-corrected chi connectivity index (χ1v) is 20.0. The van der Waals surface area contributed by atoms with E-state index in [1.54, 1.807) is 0 Å². The van der Waals surface area contributed by atoms with Crippen molar-refractivity contribution in [3.8, 4) is 44.9 Å². The highest BCUT2D eigenvalue weighted by atomic mass is 16.5. The monoisotopic (exact) mass is 744 g/mol. The summed E-state index contributed by atoms with van der Waals surface area (Å²) in [5.74, 6) is 1.70. The third-order valence-electron chi connectivity index (χ3n) is 12.0. The molecule has 9 aromatic rings. The number of hydrogen-bond acceptors (Lipinski definition) is 3. The van der Waals surface area contributed by atoms with Gasteiger partial charge in [-0.3, -0.25) is 0 Å². The van der Waals surface area contributed by atoms with E-state index < -0.39 is 0 Å². The number of nitrogens with zero attached hydrogens (tertiary/aromatic N) is 2. The molecule has 0 amide bonds. The lowest BCUT2D eigenvalue weighted by Gasteiger charge is -2.31. The Hall–Kier alpha value is -7.36. The van der Waals surface area contributed by atoms with Crippen LogP contribution in [-0.2, 0) is 5.41 Å². The summed E-state index contributed by atoms with van der Waals surface area (Å²) in [4.78, 5) is 4.70. The second-order valence-corrected chi connectivity index (χ2v) is 15.7. The van der Waals surface area contributed by atoms with Crippen LogP contribution in [-0.4, -0.2) is 0 Å². The van der Waals surface area contributed by atoms with Gasteiger partial charge in [0.05, 0.1) is 5.69 Å². The Labute approximate surface area is 339 Å². The summed E-state index contributed by atoms with van der Waals surface area (Å²) in [6, 6.07) is 74.1. The zero-order valence-corrected chi connectivity index (χ0v) is 32.4. The van der Waals surface area contributed by atoms with Gasteiger partial charge in [-0.15, -0.1) is 0 Å². The van der Waals surface area contributed by atoms with Crippen molar-refractivity contribution in [3.05, 3.63) is 217 Å². The molecule has 0 saturated heterocycles. The smallest absolute Gasteiger partial charge is 0.137 e. The highest BCUT2D eigenvalue weighted by Gasteiger charge is 2.36. The van der Waals surface area contributed by atoms with Crippen LogP contribution in [0.4, 0.5) is 34.1 Å². The van der Waals surface area contributed by atoms with Gasteiger partial charge in [-0.05, 0) is 112 Å². The standard InChI is InChI=1S/C55H40N2O/c1-55(2)49-24-13-12-21-44(49)45-31-29-42(35-50(45)55)57(41-27-25-38(26-28-41)37-15-6-3-7-16-37)51-33-34-52-54-47(22-14-23-48(51)54)46-32-30-43(36-53(46)58-52)56(39-17-8-4-9-18-39)40-19-10-5-11-20-40/h3-36H,1-2H3. The van der Waals surface area contributed by atoms with Crippen molar-refractivity contribution in [2.45, 2.75) is 19.3 Å².